The first-order valence-corrected chi connectivity index (χ1v) is 19.0. The second-order valence-electron chi connectivity index (χ2n) is 12.3. The first-order chi connectivity index (χ1) is 28.5. The Hall–Kier alpha value is -6.88. The van der Waals surface area contributed by atoms with E-state index in [0.717, 1.165) is 63.1 Å². The average molecular weight is 808 g/mol. The molecular weight excluding hydrogens is 749 g/mol. The lowest BCUT2D eigenvalue weighted by Gasteiger charge is -1.94. The molecule has 0 atom stereocenters. The van der Waals surface area contributed by atoms with E-state index in [9.17, 15) is 14.4 Å². The number of primary amides is 2. The predicted molar refractivity (Wildman–Crippen MR) is 234 cm³/mol. The minimum absolute atomic E-state index is 0.204. The molecular formula is C42H59N14O3+. The molecule has 3 amide bonds. The second kappa shape index (κ2) is 32.2. The molecule has 17 heteroatoms. The minimum atomic E-state index is -0.442. The lowest BCUT2D eigenvalue weighted by molar-refractivity contribution is -0.485. The molecule has 1 saturated heterocycles. The van der Waals surface area contributed by atoms with Gasteiger partial charge in [0, 0.05) is 105 Å². The van der Waals surface area contributed by atoms with Gasteiger partial charge in [0.1, 0.15) is 7.05 Å². The second-order valence-corrected chi connectivity index (χ2v) is 12.3. The van der Waals surface area contributed by atoms with Crippen LogP contribution >= 0.6 is 0 Å². The summed E-state index contributed by atoms with van der Waals surface area (Å²) < 4.78 is 2.01. The molecule has 0 aromatic carbocycles. The molecule has 0 unspecified atom stereocenters. The Morgan fingerprint density at radius 3 is 1.76 bits per heavy atom. The number of nitrogens with one attached hydrogen (secondary N) is 1. The Kier molecular flexibility index (Phi) is 27.4. The van der Waals surface area contributed by atoms with Gasteiger partial charge in [-0.25, -0.2) is 9.57 Å². The Morgan fingerprint density at radius 1 is 0.831 bits per heavy atom. The van der Waals surface area contributed by atoms with Gasteiger partial charge >= 0.3 is 0 Å². The molecule has 0 saturated carbocycles. The number of allylic oxidation sites excluding steroid dienone is 2. The van der Waals surface area contributed by atoms with Crippen molar-refractivity contribution in [3.63, 3.8) is 0 Å². The summed E-state index contributed by atoms with van der Waals surface area (Å²) in [6, 6.07) is 12.5. The van der Waals surface area contributed by atoms with Gasteiger partial charge in [0.05, 0.1) is 24.2 Å². The van der Waals surface area contributed by atoms with E-state index in [1.54, 1.807) is 62.3 Å². The topological polar surface area (TPSA) is 251 Å². The largest absolute Gasteiger partial charge is 0.366 e. The molecule has 4 aromatic heterocycles. The van der Waals surface area contributed by atoms with Crippen LogP contribution in [0.2, 0.25) is 0 Å². The predicted octanol–water partition coefficient (Wildman–Crippen LogP) is 3.82. The highest BCUT2D eigenvalue weighted by Gasteiger charge is 2.05. The fourth-order valence-corrected chi connectivity index (χ4v) is 4.22. The Bertz CT molecular complexity index is 1870. The van der Waals surface area contributed by atoms with Crippen molar-refractivity contribution in [1.29, 1.82) is 0 Å². The van der Waals surface area contributed by atoms with Crippen LogP contribution in [0.5, 0.6) is 0 Å². The van der Waals surface area contributed by atoms with Gasteiger partial charge in [0.15, 0.2) is 6.21 Å². The number of hydrogen-bond acceptors (Lipinski definition) is 12. The number of carbonyl (C=O) groups is 3. The van der Waals surface area contributed by atoms with Gasteiger partial charge in [-0.1, -0.05) is 32.1 Å². The third kappa shape index (κ3) is 26.6. The molecule has 0 bridgehead atoms. The number of aliphatic imine (C=N–C) groups is 3. The van der Waals surface area contributed by atoms with E-state index in [-0.39, 0.29) is 5.91 Å². The van der Waals surface area contributed by atoms with Crippen LogP contribution in [0.3, 0.4) is 0 Å². The fraction of sp³-hybridized carbons (Fsp3) is 0.333. The molecule has 4 aromatic rings. The smallest absolute Gasteiger partial charge is 0.250 e. The van der Waals surface area contributed by atoms with Crippen molar-refractivity contribution in [3.05, 3.63) is 127 Å². The van der Waals surface area contributed by atoms with Crippen molar-refractivity contribution in [3.8, 4) is 0 Å². The van der Waals surface area contributed by atoms with E-state index >= 15 is 0 Å². The number of aromatic nitrogens is 6. The summed E-state index contributed by atoms with van der Waals surface area (Å²) in [5, 5.41) is 10.1. The third-order valence-corrected chi connectivity index (χ3v) is 7.46. The van der Waals surface area contributed by atoms with Crippen LogP contribution in [0.1, 0.15) is 78.1 Å². The van der Waals surface area contributed by atoms with Crippen molar-refractivity contribution in [2.24, 2.45) is 39.2 Å². The molecule has 1 fully saturated rings. The maximum absolute atomic E-state index is 10.4. The van der Waals surface area contributed by atoms with Gasteiger partial charge in [-0.15, -0.1) is 0 Å². The standard InChI is InChI=1S/C8H11N.2C6H6N2O.C6H9N.C5H8N2.C4H7N2.C4H7NO.C3H5N3/c1-3-8-6-4-5-7(2)9-8;7-6(9)5-1-3-8-4-2-5;7-6(9)5-2-1-3-8-4-5;1-2-6-4-3-5-7-6;6-4-5-2-1-3-7-5;1-6-3-2-5-4-6;6-4-2-1-3-5-4;1-6-4-2-3-5-6/h4-6H,3H2,1-2H3;2*1-4H,(H2,7,9);3,5H,2,4H2,1H3;1,3H,2,4,6H2;2-3H,4H2,1H3;1-3H2,(H,5,6);2-3H,1H3/q;;;;;+1;;. The van der Waals surface area contributed by atoms with Gasteiger partial charge in [-0.2, -0.15) is 15.0 Å². The number of nitrogens with two attached hydrogens (primary N) is 3. The molecule has 0 aliphatic carbocycles. The highest BCUT2D eigenvalue weighted by atomic mass is 16.2. The zero-order chi connectivity index (χ0) is 43.5. The maximum atomic E-state index is 10.4. The number of carbonyl (C=O) groups excluding carboxylic acids is 3. The summed E-state index contributed by atoms with van der Waals surface area (Å²) in [6.45, 7) is 8.58. The van der Waals surface area contributed by atoms with Crippen LogP contribution in [0.25, 0.3) is 0 Å². The molecule has 4 aliphatic heterocycles. The fourth-order valence-electron chi connectivity index (χ4n) is 4.22. The van der Waals surface area contributed by atoms with Crippen LogP contribution in [-0.2, 0) is 18.3 Å². The zero-order valence-electron chi connectivity index (χ0n) is 34.8. The van der Waals surface area contributed by atoms with Crippen LogP contribution in [0.4, 0.5) is 0 Å². The van der Waals surface area contributed by atoms with Crippen molar-refractivity contribution in [1.82, 2.24) is 35.3 Å². The number of amides is 3. The van der Waals surface area contributed by atoms with Crippen LogP contribution in [0, 0.1) is 6.92 Å². The van der Waals surface area contributed by atoms with Crippen LogP contribution in [0.15, 0.2) is 119 Å². The highest BCUT2D eigenvalue weighted by molar-refractivity contribution is 6.14. The number of rotatable bonds is 5. The number of nitrogens with zero attached hydrogens (tertiary/aromatic N) is 10. The Balaban J connectivity index is 0.000000339. The summed E-state index contributed by atoms with van der Waals surface area (Å²) in [6.07, 6.45) is 26.8. The summed E-state index contributed by atoms with van der Waals surface area (Å²) >= 11 is 0. The summed E-state index contributed by atoms with van der Waals surface area (Å²) in [5.41, 5.74) is 20.7. The number of aryl methyl sites for hydroxylation is 3. The van der Waals surface area contributed by atoms with Crippen LogP contribution in [-0.4, -0.2) is 103 Å². The first-order valence-electron chi connectivity index (χ1n) is 19.0. The quantitative estimate of drug-likeness (QED) is 0.214. The van der Waals surface area contributed by atoms with E-state index in [1.807, 2.05) is 55.2 Å². The highest BCUT2D eigenvalue weighted by Crippen LogP contribution is 2.02. The number of hydrogen-bond donors (Lipinski definition) is 4. The average Bonchev–Trinajstić information content (AvgIpc) is 4.13. The van der Waals surface area contributed by atoms with Crippen molar-refractivity contribution >= 4 is 41.6 Å². The maximum Gasteiger partial charge on any atom is 0.250 e. The molecule has 59 heavy (non-hydrogen) atoms. The van der Waals surface area contributed by atoms with E-state index in [1.165, 1.54) is 34.8 Å². The third-order valence-electron chi connectivity index (χ3n) is 7.46. The monoisotopic (exact) mass is 807 g/mol. The lowest BCUT2D eigenvalue weighted by Crippen LogP contribution is -2.12. The first kappa shape index (κ1) is 50.1. The van der Waals surface area contributed by atoms with E-state index in [4.69, 9.17) is 17.2 Å². The van der Waals surface area contributed by atoms with Crippen molar-refractivity contribution in [2.45, 2.75) is 59.3 Å². The normalized spacial score (nSPS) is 13.3. The van der Waals surface area contributed by atoms with Crippen molar-refractivity contribution in [2.75, 3.05) is 26.8 Å². The van der Waals surface area contributed by atoms with Gasteiger partial charge in [-0.05, 0) is 62.6 Å². The van der Waals surface area contributed by atoms with Gasteiger partial charge in [0.25, 0.3) is 0 Å². The summed E-state index contributed by atoms with van der Waals surface area (Å²) in [7, 11) is 3.77. The zero-order valence-corrected chi connectivity index (χ0v) is 34.8. The van der Waals surface area contributed by atoms with E-state index in [2.05, 4.69) is 65.4 Å². The summed E-state index contributed by atoms with van der Waals surface area (Å²) in [4.78, 5) is 56.1. The van der Waals surface area contributed by atoms with Gasteiger partial charge in [0.2, 0.25) is 24.4 Å². The molecule has 0 radical (unpaired) electrons. The molecule has 4 aliphatic rings. The molecule has 314 valence electrons. The Morgan fingerprint density at radius 2 is 1.49 bits per heavy atom. The van der Waals surface area contributed by atoms with Crippen molar-refractivity contribution < 1.29 is 19.0 Å². The molecule has 7 N–H and O–H groups in total. The molecule has 17 nitrogen and oxygen atoms in total. The lowest BCUT2D eigenvalue weighted by atomic mass is 10.2. The molecule has 8 rings (SSSR count). The van der Waals surface area contributed by atoms with E-state index in [0.29, 0.717) is 17.7 Å². The van der Waals surface area contributed by atoms with Crippen LogP contribution < -0.4 is 22.5 Å². The van der Waals surface area contributed by atoms with Gasteiger partial charge in [-0.3, -0.25) is 39.3 Å². The number of pyridine rings is 3. The van der Waals surface area contributed by atoms with E-state index < -0.39 is 11.8 Å². The minimum Gasteiger partial charge on any atom is -0.366 e. The Labute approximate surface area is 347 Å². The summed E-state index contributed by atoms with van der Waals surface area (Å²) in [5.74, 6) is -0.657. The molecule has 0 spiro atoms. The van der Waals surface area contributed by atoms with Gasteiger partial charge < -0.3 is 22.5 Å². The SMILES string of the molecule is CCC1=NC=CC1.CCc1cccc(C)n1.C[N+]1=CC=NC1.Cn1nccn1.NC(=O)c1cccnc1.NC(=O)c1ccncc1.NCC1=NC=CC1.O=C1CCCN1. The molecule has 8 heterocycles.